The van der Waals surface area contributed by atoms with Crippen LogP contribution in [0, 0.1) is 0 Å². The molecule has 0 unspecified atom stereocenters. The van der Waals surface area contributed by atoms with E-state index in [0.717, 1.165) is 23.1 Å². The van der Waals surface area contributed by atoms with Crippen LogP contribution in [0.1, 0.15) is 35.2 Å². The summed E-state index contributed by atoms with van der Waals surface area (Å²) in [5, 5.41) is 11.3. The van der Waals surface area contributed by atoms with E-state index < -0.39 is 17.7 Å². The number of likely N-dealkylation sites (tertiary alicyclic amines) is 1. The van der Waals surface area contributed by atoms with E-state index in [-0.39, 0.29) is 17.9 Å². The maximum atomic E-state index is 13.2. The van der Waals surface area contributed by atoms with Gasteiger partial charge in [0.2, 0.25) is 0 Å². The van der Waals surface area contributed by atoms with Crippen LogP contribution >= 0.6 is 0 Å². The number of benzene rings is 2. The lowest BCUT2D eigenvalue weighted by molar-refractivity contribution is -0.140. The third-order valence-corrected chi connectivity index (χ3v) is 6.13. The summed E-state index contributed by atoms with van der Waals surface area (Å²) in [4.78, 5) is 32.0. The van der Waals surface area contributed by atoms with Gasteiger partial charge in [-0.2, -0.15) is 0 Å². The highest BCUT2D eigenvalue weighted by Gasteiger charge is 2.46. The minimum absolute atomic E-state index is 0.0508. The molecule has 0 saturated carbocycles. The number of pyridine rings is 1. The lowest BCUT2D eigenvalue weighted by atomic mass is 9.94. The van der Waals surface area contributed by atoms with E-state index in [1.807, 2.05) is 30.3 Å². The molecular weight excluding hydrogens is 432 g/mol. The second-order valence-corrected chi connectivity index (χ2v) is 8.24. The van der Waals surface area contributed by atoms with Crippen molar-refractivity contribution in [1.82, 2.24) is 9.88 Å². The summed E-state index contributed by atoms with van der Waals surface area (Å²) < 4.78 is 11.2. The third-order valence-electron chi connectivity index (χ3n) is 6.13. The predicted octanol–water partition coefficient (Wildman–Crippen LogP) is 4.04. The van der Waals surface area contributed by atoms with E-state index in [2.05, 4.69) is 11.9 Å². The van der Waals surface area contributed by atoms with Gasteiger partial charge in [0.05, 0.1) is 11.6 Å². The van der Waals surface area contributed by atoms with Crippen LogP contribution in [0.3, 0.4) is 0 Å². The first kappa shape index (κ1) is 21.7. The van der Waals surface area contributed by atoms with Gasteiger partial charge >= 0.3 is 0 Å². The molecule has 2 aromatic carbocycles. The van der Waals surface area contributed by atoms with Crippen LogP contribution in [0.25, 0.3) is 5.76 Å². The summed E-state index contributed by atoms with van der Waals surface area (Å²) in [5.41, 5.74) is 3.12. The number of carbonyl (C=O) groups is 2. The van der Waals surface area contributed by atoms with Gasteiger partial charge in [0.25, 0.3) is 11.7 Å². The lowest BCUT2D eigenvalue weighted by Gasteiger charge is -2.25. The van der Waals surface area contributed by atoms with E-state index >= 15 is 0 Å². The largest absolute Gasteiger partial charge is 0.507 e. The number of amides is 1. The molecule has 7 nitrogen and oxygen atoms in total. The van der Waals surface area contributed by atoms with Crippen molar-refractivity contribution in [2.45, 2.75) is 25.9 Å². The minimum atomic E-state index is -0.737. The predicted molar refractivity (Wildman–Crippen MR) is 125 cm³/mol. The molecule has 0 bridgehead atoms. The Morgan fingerprint density at radius 2 is 1.79 bits per heavy atom. The average Bonchev–Trinajstić information content (AvgIpc) is 3.13. The van der Waals surface area contributed by atoms with Gasteiger partial charge in [-0.1, -0.05) is 37.3 Å². The molecule has 0 aliphatic carbocycles. The van der Waals surface area contributed by atoms with E-state index in [9.17, 15) is 14.7 Å². The zero-order valence-electron chi connectivity index (χ0n) is 18.7. The van der Waals surface area contributed by atoms with Crippen LogP contribution in [-0.2, 0) is 22.6 Å². The topological polar surface area (TPSA) is 89.0 Å². The summed E-state index contributed by atoms with van der Waals surface area (Å²) in [6.45, 7) is 3.10. The molecule has 2 aliphatic heterocycles. The van der Waals surface area contributed by atoms with Gasteiger partial charge < -0.3 is 19.5 Å². The molecule has 2 aliphatic rings. The van der Waals surface area contributed by atoms with Gasteiger partial charge in [0.1, 0.15) is 19.0 Å². The fourth-order valence-electron chi connectivity index (χ4n) is 4.36. The molecular formula is C27H24N2O5. The van der Waals surface area contributed by atoms with Gasteiger partial charge in [-0.3, -0.25) is 14.6 Å². The second-order valence-electron chi connectivity index (χ2n) is 8.24. The molecule has 1 N–H and O–H groups in total. The van der Waals surface area contributed by atoms with E-state index in [0.29, 0.717) is 30.3 Å². The van der Waals surface area contributed by atoms with Gasteiger partial charge in [-0.25, -0.2) is 0 Å². The van der Waals surface area contributed by atoms with Crippen molar-refractivity contribution in [1.29, 1.82) is 0 Å². The fourth-order valence-corrected chi connectivity index (χ4v) is 4.36. The number of aliphatic hydroxyl groups is 1. The van der Waals surface area contributed by atoms with Gasteiger partial charge in [0.15, 0.2) is 11.5 Å². The quantitative estimate of drug-likeness (QED) is 0.354. The summed E-state index contributed by atoms with van der Waals surface area (Å²) in [6, 6.07) is 15.7. The standard InChI is InChI=1S/C27H24N2O5/c1-2-17-5-7-19(8-6-17)24-23(25(30)20-9-10-21-22(14-20)34-13-12-33-21)26(31)27(32)29(24)16-18-4-3-11-28-15-18/h3-11,14-15,24,30H,2,12-13,16H2,1H3/t24-/m1/s1. The maximum absolute atomic E-state index is 13.2. The Kier molecular flexibility index (Phi) is 5.76. The van der Waals surface area contributed by atoms with E-state index in [1.54, 1.807) is 36.7 Å². The van der Waals surface area contributed by atoms with Crippen molar-refractivity contribution in [3.8, 4) is 11.5 Å². The number of rotatable bonds is 5. The molecule has 0 radical (unpaired) electrons. The van der Waals surface area contributed by atoms with Crippen molar-refractivity contribution in [3.63, 3.8) is 0 Å². The maximum Gasteiger partial charge on any atom is 0.295 e. The molecule has 172 valence electrons. The lowest BCUT2D eigenvalue weighted by Crippen LogP contribution is -2.29. The zero-order valence-corrected chi connectivity index (χ0v) is 18.7. The zero-order chi connectivity index (χ0) is 23.7. The highest BCUT2D eigenvalue weighted by molar-refractivity contribution is 6.46. The van der Waals surface area contributed by atoms with E-state index in [4.69, 9.17) is 9.47 Å². The Morgan fingerprint density at radius 3 is 2.50 bits per heavy atom. The van der Waals surface area contributed by atoms with Gasteiger partial charge in [-0.05, 0) is 47.4 Å². The van der Waals surface area contributed by atoms with Crippen molar-refractivity contribution >= 4 is 17.4 Å². The molecule has 1 amide bonds. The van der Waals surface area contributed by atoms with E-state index in [1.165, 1.54) is 4.90 Å². The number of hydrogen-bond donors (Lipinski definition) is 1. The third kappa shape index (κ3) is 3.90. The number of ketones is 1. The molecule has 34 heavy (non-hydrogen) atoms. The summed E-state index contributed by atoms with van der Waals surface area (Å²) >= 11 is 0. The Balaban J connectivity index is 1.62. The number of fused-ring (bicyclic) bond motifs is 1. The Morgan fingerprint density at radius 1 is 1.03 bits per heavy atom. The highest BCUT2D eigenvalue weighted by atomic mass is 16.6. The molecule has 1 saturated heterocycles. The number of aliphatic hydroxyl groups excluding tert-OH is 1. The number of aryl methyl sites for hydroxylation is 1. The van der Waals surface area contributed by atoms with Crippen LogP contribution in [-0.4, -0.2) is 39.9 Å². The minimum Gasteiger partial charge on any atom is -0.507 e. The monoisotopic (exact) mass is 456 g/mol. The van der Waals surface area contributed by atoms with Crippen molar-refractivity contribution < 1.29 is 24.2 Å². The SMILES string of the molecule is CCc1ccc([C@@H]2C(=C(O)c3ccc4c(c3)OCCO4)C(=O)C(=O)N2Cc2cccnc2)cc1. The van der Waals surface area contributed by atoms with Gasteiger partial charge in [0, 0.05) is 24.5 Å². The van der Waals surface area contributed by atoms with Crippen LogP contribution < -0.4 is 9.47 Å². The first-order valence-electron chi connectivity index (χ1n) is 11.2. The van der Waals surface area contributed by atoms with Crippen LogP contribution in [0.2, 0.25) is 0 Å². The molecule has 1 fully saturated rings. The van der Waals surface area contributed by atoms with Crippen molar-refractivity contribution in [2.24, 2.45) is 0 Å². The summed E-state index contributed by atoms with van der Waals surface area (Å²) in [7, 11) is 0. The number of Topliss-reactive ketones (excluding diaryl/α,β-unsaturated/α-hetero) is 1. The number of ether oxygens (including phenoxy) is 2. The second kappa shape index (κ2) is 9.02. The molecule has 1 atom stereocenters. The van der Waals surface area contributed by atoms with Crippen molar-refractivity contribution in [3.05, 3.63) is 94.8 Å². The number of nitrogens with zero attached hydrogens (tertiary/aromatic N) is 2. The molecule has 7 heteroatoms. The fraction of sp³-hybridized carbons (Fsp3) is 0.222. The molecule has 3 heterocycles. The first-order valence-corrected chi connectivity index (χ1v) is 11.2. The number of aromatic nitrogens is 1. The van der Waals surface area contributed by atoms with Crippen LogP contribution in [0.4, 0.5) is 0 Å². The Hall–Kier alpha value is -4.13. The number of hydrogen-bond acceptors (Lipinski definition) is 6. The Bertz CT molecular complexity index is 1270. The van der Waals surface area contributed by atoms with Crippen LogP contribution in [0.15, 0.2) is 72.6 Å². The summed E-state index contributed by atoms with van der Waals surface area (Å²) in [6.07, 6.45) is 4.19. The average molecular weight is 456 g/mol. The van der Waals surface area contributed by atoms with Crippen LogP contribution in [0.5, 0.6) is 11.5 Å². The molecule has 5 rings (SSSR count). The molecule has 3 aromatic rings. The Labute approximate surface area is 197 Å². The molecule has 1 aromatic heterocycles. The normalized spacial score (nSPS) is 18.9. The molecule has 0 spiro atoms. The van der Waals surface area contributed by atoms with Gasteiger partial charge in [-0.15, -0.1) is 0 Å². The summed E-state index contributed by atoms with van der Waals surface area (Å²) in [5.74, 6) is -0.558. The number of carbonyl (C=O) groups excluding carboxylic acids is 2. The smallest absolute Gasteiger partial charge is 0.295 e. The van der Waals surface area contributed by atoms with Crippen molar-refractivity contribution in [2.75, 3.05) is 13.2 Å². The highest BCUT2D eigenvalue weighted by Crippen LogP contribution is 2.41. The first-order chi connectivity index (χ1) is 16.6.